The van der Waals surface area contributed by atoms with E-state index in [0.29, 0.717) is 0 Å². The van der Waals surface area contributed by atoms with E-state index < -0.39 is 0 Å². The Morgan fingerprint density at radius 3 is 2.24 bits per heavy atom. The van der Waals surface area contributed by atoms with Crippen LogP contribution in [0.4, 0.5) is 0 Å². The molecule has 0 aliphatic carbocycles. The largest absolute Gasteiger partial charge is 0.302 e. The molecule has 2 heteroatoms. The molecule has 21 heavy (non-hydrogen) atoms. The minimum atomic E-state index is 0.752. The van der Waals surface area contributed by atoms with Crippen LogP contribution in [-0.2, 0) is 6.42 Å². The van der Waals surface area contributed by atoms with Crippen LogP contribution in [0.5, 0.6) is 0 Å². The number of benzene rings is 1. The zero-order chi connectivity index (χ0) is 15.2. The van der Waals surface area contributed by atoms with Crippen molar-refractivity contribution in [2.75, 3.05) is 19.6 Å². The second kappa shape index (κ2) is 8.24. The van der Waals surface area contributed by atoms with Gasteiger partial charge in [0, 0.05) is 16.7 Å². The monoisotopic (exact) mass is 305 g/mol. The second-order valence-electron chi connectivity index (χ2n) is 7.22. The molecule has 0 bridgehead atoms. The lowest BCUT2D eigenvalue weighted by Crippen LogP contribution is -2.33. The van der Waals surface area contributed by atoms with Gasteiger partial charge in [0.1, 0.15) is 0 Å². The zero-order valence-electron chi connectivity index (χ0n) is 14.1. The van der Waals surface area contributed by atoms with Crippen LogP contribution in [0.25, 0.3) is 0 Å². The molecule has 2 rings (SSSR count). The third kappa shape index (κ3) is 5.67. The van der Waals surface area contributed by atoms with Gasteiger partial charge in [-0.2, -0.15) is 0 Å². The van der Waals surface area contributed by atoms with E-state index in [1.807, 2.05) is 0 Å². The van der Waals surface area contributed by atoms with Crippen LogP contribution in [0.1, 0.15) is 46.1 Å². The molecule has 1 aromatic carbocycles. The molecule has 1 aromatic rings. The maximum atomic E-state index is 2.71. The second-order valence-corrected chi connectivity index (χ2v) is 8.56. The maximum absolute atomic E-state index is 2.71. The van der Waals surface area contributed by atoms with Crippen molar-refractivity contribution in [2.45, 2.75) is 57.1 Å². The average Bonchev–Trinajstić information content (AvgIpc) is 2.83. The molecular weight excluding hydrogens is 274 g/mol. The fourth-order valence-corrected chi connectivity index (χ4v) is 4.19. The van der Waals surface area contributed by atoms with E-state index in [-0.39, 0.29) is 0 Å². The zero-order valence-corrected chi connectivity index (χ0v) is 15.0. The van der Waals surface area contributed by atoms with Gasteiger partial charge in [0.25, 0.3) is 0 Å². The summed E-state index contributed by atoms with van der Waals surface area (Å²) in [5.41, 5.74) is 1.56. The highest BCUT2D eigenvalue weighted by molar-refractivity contribution is 8.00. The summed E-state index contributed by atoms with van der Waals surface area (Å²) in [6, 6.07) is 8.93. The molecule has 0 fully saturated rings. The minimum absolute atomic E-state index is 0.752. The molecule has 0 aromatic heterocycles. The summed E-state index contributed by atoms with van der Waals surface area (Å²) in [6.07, 6.45) is 3.89. The quantitative estimate of drug-likeness (QED) is 0.657. The lowest BCUT2D eigenvalue weighted by atomic mass is 10.1. The van der Waals surface area contributed by atoms with Gasteiger partial charge >= 0.3 is 0 Å². The smallest absolute Gasteiger partial charge is 0.0263 e. The van der Waals surface area contributed by atoms with Gasteiger partial charge in [0.15, 0.2) is 0 Å². The summed E-state index contributed by atoms with van der Waals surface area (Å²) < 4.78 is 0. The summed E-state index contributed by atoms with van der Waals surface area (Å²) in [6.45, 7) is 13.1. The molecule has 0 amide bonds. The van der Waals surface area contributed by atoms with E-state index in [4.69, 9.17) is 0 Å². The number of rotatable bonds is 8. The Morgan fingerprint density at radius 2 is 1.67 bits per heavy atom. The molecule has 1 atom stereocenters. The number of hydrogen-bond acceptors (Lipinski definition) is 2. The van der Waals surface area contributed by atoms with Crippen LogP contribution in [0.15, 0.2) is 29.2 Å². The van der Waals surface area contributed by atoms with Gasteiger partial charge in [-0.1, -0.05) is 45.9 Å². The third-order valence-corrected chi connectivity index (χ3v) is 5.52. The van der Waals surface area contributed by atoms with E-state index in [1.54, 1.807) is 5.56 Å². The Bertz CT molecular complexity index is 390. The first kappa shape index (κ1) is 16.9. The molecule has 0 N–H and O–H groups in total. The lowest BCUT2D eigenvalue weighted by molar-refractivity contribution is 0.244. The Balaban J connectivity index is 1.86. The summed E-state index contributed by atoms with van der Waals surface area (Å²) in [7, 11) is 0. The van der Waals surface area contributed by atoms with E-state index in [1.165, 1.54) is 43.8 Å². The molecule has 0 radical (unpaired) electrons. The third-order valence-electron chi connectivity index (χ3n) is 4.22. The Kier molecular flexibility index (Phi) is 6.63. The molecule has 1 aliphatic heterocycles. The van der Waals surface area contributed by atoms with E-state index in [0.717, 1.165) is 17.1 Å². The first-order valence-corrected chi connectivity index (χ1v) is 9.39. The van der Waals surface area contributed by atoms with Crippen LogP contribution >= 0.6 is 11.8 Å². The molecule has 0 spiro atoms. The maximum Gasteiger partial charge on any atom is 0.0263 e. The first-order chi connectivity index (χ1) is 10.0. The van der Waals surface area contributed by atoms with Gasteiger partial charge in [0.2, 0.25) is 0 Å². The van der Waals surface area contributed by atoms with Gasteiger partial charge < -0.3 is 4.90 Å². The lowest BCUT2D eigenvalue weighted by Gasteiger charge is -2.26. The van der Waals surface area contributed by atoms with Crippen LogP contribution in [0.3, 0.4) is 0 Å². The molecule has 0 saturated carbocycles. The predicted octanol–water partition coefficient (Wildman–Crippen LogP) is 5.10. The highest BCUT2D eigenvalue weighted by Crippen LogP contribution is 2.37. The standard InChI is InChI=1S/C19H31NS/c1-15(2)9-11-20(12-10-16(3)4)14-18-13-17-7-5-6-8-19(17)21-18/h5-8,15-16,18H,9-14H2,1-4H3. The van der Waals surface area contributed by atoms with Crippen molar-refractivity contribution in [1.29, 1.82) is 0 Å². The number of nitrogens with zero attached hydrogens (tertiary/aromatic N) is 1. The van der Waals surface area contributed by atoms with Crippen molar-refractivity contribution in [3.05, 3.63) is 29.8 Å². The molecule has 1 heterocycles. The predicted molar refractivity (Wildman–Crippen MR) is 95.1 cm³/mol. The fourth-order valence-electron chi connectivity index (χ4n) is 2.82. The van der Waals surface area contributed by atoms with E-state index >= 15 is 0 Å². The van der Waals surface area contributed by atoms with Crippen LogP contribution in [0.2, 0.25) is 0 Å². The van der Waals surface area contributed by atoms with Gasteiger partial charge in [-0.15, -0.1) is 11.8 Å². The SMILES string of the molecule is CC(C)CCN(CCC(C)C)CC1Cc2ccccc2S1. The number of fused-ring (bicyclic) bond motifs is 1. The van der Waals surface area contributed by atoms with Crippen molar-refractivity contribution in [2.24, 2.45) is 11.8 Å². The normalized spacial score (nSPS) is 18.0. The fraction of sp³-hybridized carbons (Fsp3) is 0.684. The highest BCUT2D eigenvalue weighted by atomic mass is 32.2. The Labute approximate surface area is 135 Å². The molecule has 1 aliphatic rings. The van der Waals surface area contributed by atoms with E-state index in [9.17, 15) is 0 Å². The van der Waals surface area contributed by atoms with Gasteiger partial charge in [-0.05, 0) is 55.8 Å². The van der Waals surface area contributed by atoms with Crippen molar-refractivity contribution < 1.29 is 0 Å². The molecular formula is C19H31NS. The van der Waals surface area contributed by atoms with Crippen molar-refractivity contribution in [3.8, 4) is 0 Å². The van der Waals surface area contributed by atoms with Crippen molar-refractivity contribution >= 4 is 11.8 Å². The summed E-state index contributed by atoms with van der Waals surface area (Å²) in [5.74, 6) is 1.61. The first-order valence-electron chi connectivity index (χ1n) is 8.51. The molecule has 118 valence electrons. The van der Waals surface area contributed by atoms with Crippen LogP contribution in [-0.4, -0.2) is 29.8 Å². The van der Waals surface area contributed by atoms with Crippen LogP contribution < -0.4 is 0 Å². The van der Waals surface area contributed by atoms with E-state index in [2.05, 4.69) is 68.6 Å². The molecule has 1 unspecified atom stereocenters. The molecule has 0 saturated heterocycles. The van der Waals surface area contributed by atoms with Gasteiger partial charge in [-0.3, -0.25) is 0 Å². The van der Waals surface area contributed by atoms with Crippen molar-refractivity contribution in [3.63, 3.8) is 0 Å². The summed E-state index contributed by atoms with van der Waals surface area (Å²) in [5, 5.41) is 0.752. The topological polar surface area (TPSA) is 3.24 Å². The highest BCUT2D eigenvalue weighted by Gasteiger charge is 2.23. The van der Waals surface area contributed by atoms with Gasteiger partial charge in [0.05, 0.1) is 0 Å². The minimum Gasteiger partial charge on any atom is -0.302 e. The summed E-state index contributed by atoms with van der Waals surface area (Å²) in [4.78, 5) is 4.22. The average molecular weight is 306 g/mol. The van der Waals surface area contributed by atoms with Crippen molar-refractivity contribution in [1.82, 2.24) is 4.90 Å². The number of thioether (sulfide) groups is 1. The number of hydrogen-bond donors (Lipinski definition) is 0. The van der Waals surface area contributed by atoms with Gasteiger partial charge in [-0.25, -0.2) is 0 Å². The Morgan fingerprint density at radius 1 is 1.05 bits per heavy atom. The Hall–Kier alpha value is -0.470. The van der Waals surface area contributed by atoms with Crippen LogP contribution in [0, 0.1) is 11.8 Å². The summed E-state index contributed by atoms with van der Waals surface area (Å²) >= 11 is 2.09. The molecule has 1 nitrogen and oxygen atoms in total.